The maximum absolute atomic E-state index is 12.8. The fraction of sp³-hybridized carbons (Fsp3) is 0.200. The lowest BCUT2D eigenvalue weighted by atomic mass is 9.96. The van der Waals surface area contributed by atoms with Crippen LogP contribution in [0.25, 0.3) is 11.1 Å². The minimum Gasteiger partial charge on any atom is -0.166 e. The molecule has 0 atom stereocenters. The first-order chi connectivity index (χ1) is 9.59. The van der Waals surface area contributed by atoms with E-state index in [4.69, 9.17) is 0 Å². The van der Waals surface area contributed by atoms with E-state index in [1.165, 1.54) is 6.07 Å². The van der Waals surface area contributed by atoms with Crippen molar-refractivity contribution in [3.8, 4) is 11.1 Å². The third-order valence-electron chi connectivity index (χ3n) is 3.04. The van der Waals surface area contributed by atoms with Crippen LogP contribution >= 0.6 is 0 Å². The summed E-state index contributed by atoms with van der Waals surface area (Å²) in [4.78, 5) is 0. The molecule has 0 fully saturated rings. The Balaban J connectivity index is 2.70. The molecule has 6 heteroatoms. The van der Waals surface area contributed by atoms with Crippen molar-refractivity contribution in [2.45, 2.75) is 19.3 Å². The number of hydrogen-bond donors (Lipinski definition) is 0. The molecule has 0 amide bonds. The van der Waals surface area contributed by atoms with Crippen LogP contribution in [0.4, 0.5) is 26.3 Å². The predicted molar refractivity (Wildman–Crippen MR) is 66.6 cm³/mol. The van der Waals surface area contributed by atoms with Gasteiger partial charge in [-0.3, -0.25) is 0 Å². The van der Waals surface area contributed by atoms with Gasteiger partial charge in [-0.05, 0) is 41.8 Å². The fourth-order valence-corrected chi connectivity index (χ4v) is 2.01. The predicted octanol–water partition coefficient (Wildman–Crippen LogP) is 5.70. The van der Waals surface area contributed by atoms with Gasteiger partial charge in [-0.15, -0.1) is 0 Å². The van der Waals surface area contributed by atoms with E-state index in [-0.39, 0.29) is 11.6 Å². The Labute approximate surface area is 117 Å². The summed E-state index contributed by atoms with van der Waals surface area (Å²) in [6.07, 6.45) is -9.67. The summed E-state index contributed by atoms with van der Waals surface area (Å²) >= 11 is 0. The molecule has 0 unspecified atom stereocenters. The molecule has 21 heavy (non-hydrogen) atoms. The molecule has 0 bridgehead atoms. The van der Waals surface area contributed by atoms with Gasteiger partial charge in [0.05, 0.1) is 11.1 Å². The monoisotopic (exact) mass is 304 g/mol. The Morgan fingerprint density at radius 2 is 1.19 bits per heavy atom. The van der Waals surface area contributed by atoms with Crippen molar-refractivity contribution >= 4 is 0 Å². The molecule has 112 valence electrons. The van der Waals surface area contributed by atoms with Crippen molar-refractivity contribution in [2.24, 2.45) is 0 Å². The van der Waals surface area contributed by atoms with Gasteiger partial charge >= 0.3 is 12.4 Å². The zero-order valence-corrected chi connectivity index (χ0v) is 10.8. The topological polar surface area (TPSA) is 0 Å². The molecule has 0 aliphatic heterocycles. The number of hydrogen-bond acceptors (Lipinski definition) is 0. The van der Waals surface area contributed by atoms with Gasteiger partial charge in [0, 0.05) is 0 Å². The SMILES string of the molecule is Cc1ccccc1-c1cc(C(F)(F)F)cc(C(F)(F)F)c1. The Morgan fingerprint density at radius 3 is 1.62 bits per heavy atom. The molecule has 0 aliphatic carbocycles. The summed E-state index contributed by atoms with van der Waals surface area (Å²) in [5, 5.41) is 0. The van der Waals surface area contributed by atoms with Gasteiger partial charge in [0.2, 0.25) is 0 Å². The van der Waals surface area contributed by atoms with Gasteiger partial charge in [0.1, 0.15) is 0 Å². The van der Waals surface area contributed by atoms with Crippen molar-refractivity contribution in [3.05, 3.63) is 59.2 Å². The third kappa shape index (κ3) is 3.37. The summed E-state index contributed by atoms with van der Waals surface area (Å²) in [5.74, 6) is 0. The van der Waals surface area contributed by atoms with Crippen LogP contribution in [-0.2, 0) is 12.4 Å². The molecule has 2 aromatic carbocycles. The van der Waals surface area contributed by atoms with Crippen LogP contribution in [0.3, 0.4) is 0 Å². The van der Waals surface area contributed by atoms with E-state index >= 15 is 0 Å². The van der Waals surface area contributed by atoms with E-state index in [0.29, 0.717) is 11.1 Å². The second kappa shape index (κ2) is 5.09. The fourth-order valence-electron chi connectivity index (χ4n) is 2.01. The third-order valence-corrected chi connectivity index (χ3v) is 3.04. The van der Waals surface area contributed by atoms with Crippen molar-refractivity contribution in [1.29, 1.82) is 0 Å². The van der Waals surface area contributed by atoms with Crippen molar-refractivity contribution in [2.75, 3.05) is 0 Å². The highest BCUT2D eigenvalue weighted by Crippen LogP contribution is 2.39. The molecule has 0 saturated carbocycles. The van der Waals surface area contributed by atoms with E-state index in [1.807, 2.05) is 0 Å². The second-order valence-corrected chi connectivity index (χ2v) is 4.61. The molecule has 0 spiro atoms. The molecule has 0 nitrogen and oxygen atoms in total. The Bertz CT molecular complexity index is 620. The summed E-state index contributed by atoms with van der Waals surface area (Å²) in [5.41, 5.74) is -1.78. The van der Waals surface area contributed by atoms with Crippen molar-refractivity contribution in [1.82, 2.24) is 0 Å². The average molecular weight is 304 g/mol. The normalized spacial score (nSPS) is 12.5. The summed E-state index contributed by atoms with van der Waals surface area (Å²) in [7, 11) is 0. The molecule has 2 rings (SSSR count). The first kappa shape index (κ1) is 15.4. The molecular weight excluding hydrogens is 294 g/mol. The summed E-state index contributed by atoms with van der Waals surface area (Å²) < 4.78 is 76.7. The quantitative estimate of drug-likeness (QED) is 0.593. The molecule has 2 aromatic rings. The highest BCUT2D eigenvalue weighted by Gasteiger charge is 2.37. The van der Waals surface area contributed by atoms with Crippen LogP contribution < -0.4 is 0 Å². The van der Waals surface area contributed by atoms with E-state index < -0.39 is 23.5 Å². The van der Waals surface area contributed by atoms with E-state index in [2.05, 4.69) is 0 Å². The molecule has 0 radical (unpaired) electrons. The minimum absolute atomic E-state index is 0.102. The molecular formula is C15H10F6. The molecule has 0 N–H and O–H groups in total. The lowest BCUT2D eigenvalue weighted by molar-refractivity contribution is -0.143. The standard InChI is InChI=1S/C15H10F6/c1-9-4-2-3-5-13(9)10-6-11(14(16,17)18)8-12(7-10)15(19,20)21/h2-8H,1H3. The zero-order chi connectivity index (χ0) is 15.8. The van der Waals surface area contributed by atoms with Crippen molar-refractivity contribution in [3.63, 3.8) is 0 Å². The largest absolute Gasteiger partial charge is 0.416 e. The van der Waals surface area contributed by atoms with E-state index in [9.17, 15) is 26.3 Å². The Morgan fingerprint density at radius 1 is 0.714 bits per heavy atom. The van der Waals surface area contributed by atoms with Crippen LogP contribution in [0.5, 0.6) is 0 Å². The van der Waals surface area contributed by atoms with Gasteiger partial charge in [-0.2, -0.15) is 26.3 Å². The number of rotatable bonds is 1. The summed E-state index contributed by atoms with van der Waals surface area (Å²) in [6, 6.07) is 7.94. The molecule has 0 saturated heterocycles. The molecule has 0 aliphatic rings. The second-order valence-electron chi connectivity index (χ2n) is 4.61. The lowest BCUT2D eigenvalue weighted by Crippen LogP contribution is -2.11. The average Bonchev–Trinajstić information content (AvgIpc) is 2.36. The van der Waals surface area contributed by atoms with Crippen LogP contribution in [0.2, 0.25) is 0 Å². The van der Waals surface area contributed by atoms with Gasteiger partial charge in [-0.25, -0.2) is 0 Å². The first-order valence-corrected chi connectivity index (χ1v) is 5.94. The summed E-state index contributed by atoms with van der Waals surface area (Å²) in [6.45, 7) is 1.63. The lowest BCUT2D eigenvalue weighted by Gasteiger charge is -2.15. The number of aryl methyl sites for hydroxylation is 1. The van der Waals surface area contributed by atoms with E-state index in [0.717, 1.165) is 12.1 Å². The Kier molecular flexibility index (Phi) is 3.74. The van der Waals surface area contributed by atoms with E-state index in [1.54, 1.807) is 25.1 Å². The highest BCUT2D eigenvalue weighted by molar-refractivity contribution is 5.69. The Hall–Kier alpha value is -1.98. The van der Waals surface area contributed by atoms with Crippen LogP contribution in [0.1, 0.15) is 16.7 Å². The molecule has 0 aromatic heterocycles. The first-order valence-electron chi connectivity index (χ1n) is 5.94. The minimum atomic E-state index is -4.83. The maximum atomic E-state index is 12.8. The number of benzene rings is 2. The van der Waals surface area contributed by atoms with Gasteiger partial charge in [0.25, 0.3) is 0 Å². The molecule has 0 heterocycles. The highest BCUT2D eigenvalue weighted by atomic mass is 19.4. The number of alkyl halides is 6. The van der Waals surface area contributed by atoms with Gasteiger partial charge < -0.3 is 0 Å². The van der Waals surface area contributed by atoms with Gasteiger partial charge in [-0.1, -0.05) is 24.3 Å². The zero-order valence-electron chi connectivity index (χ0n) is 10.8. The van der Waals surface area contributed by atoms with Crippen molar-refractivity contribution < 1.29 is 26.3 Å². The van der Waals surface area contributed by atoms with Gasteiger partial charge in [0.15, 0.2) is 0 Å². The maximum Gasteiger partial charge on any atom is 0.416 e. The smallest absolute Gasteiger partial charge is 0.166 e. The number of halogens is 6. The van der Waals surface area contributed by atoms with Crippen LogP contribution in [-0.4, -0.2) is 0 Å². The van der Waals surface area contributed by atoms with Crippen LogP contribution in [0.15, 0.2) is 42.5 Å². The van der Waals surface area contributed by atoms with Crippen LogP contribution in [0, 0.1) is 6.92 Å².